The number of piperidine rings is 1. The number of halogens is 1. The summed E-state index contributed by atoms with van der Waals surface area (Å²) in [6, 6.07) is 7.38. The lowest BCUT2D eigenvalue weighted by Gasteiger charge is -2.32. The predicted molar refractivity (Wildman–Crippen MR) is 119 cm³/mol. The highest BCUT2D eigenvalue weighted by atomic mass is 19.1. The summed E-state index contributed by atoms with van der Waals surface area (Å²) in [6.07, 6.45) is 5.30. The molecule has 1 fully saturated rings. The zero-order valence-electron chi connectivity index (χ0n) is 17.9. The van der Waals surface area contributed by atoms with Crippen molar-refractivity contribution >= 4 is 28.2 Å². The van der Waals surface area contributed by atoms with Crippen molar-refractivity contribution in [2.24, 2.45) is 7.05 Å². The van der Waals surface area contributed by atoms with Crippen molar-refractivity contribution in [3.05, 3.63) is 54.3 Å². The van der Waals surface area contributed by atoms with E-state index in [1.807, 2.05) is 43.3 Å². The fourth-order valence-electron chi connectivity index (χ4n) is 4.07. The predicted octanol–water partition coefficient (Wildman–Crippen LogP) is 4.12. The van der Waals surface area contributed by atoms with Crippen LogP contribution < -0.4 is 10.2 Å². The minimum Gasteiger partial charge on any atom is -0.444 e. The molecule has 0 bridgehead atoms. The van der Waals surface area contributed by atoms with Gasteiger partial charge >= 0.3 is 0 Å². The summed E-state index contributed by atoms with van der Waals surface area (Å²) in [5.41, 5.74) is 3.87. The van der Waals surface area contributed by atoms with Gasteiger partial charge in [0, 0.05) is 49.2 Å². The molecule has 1 atom stereocenters. The summed E-state index contributed by atoms with van der Waals surface area (Å²) >= 11 is 0. The number of aryl methyl sites for hydroxylation is 2. The van der Waals surface area contributed by atoms with E-state index in [1.165, 1.54) is 6.26 Å². The summed E-state index contributed by atoms with van der Waals surface area (Å²) in [5.74, 6) is -0.0519. The average Bonchev–Trinajstić information content (AvgIpc) is 3.39. The lowest BCUT2D eigenvalue weighted by molar-refractivity contribution is 0.102. The Morgan fingerprint density at radius 3 is 3.00 bits per heavy atom. The van der Waals surface area contributed by atoms with Crippen molar-refractivity contribution in [3.8, 4) is 11.5 Å². The Hall–Kier alpha value is -3.75. The summed E-state index contributed by atoms with van der Waals surface area (Å²) in [6.45, 7) is 2.88. The Bertz CT molecular complexity index is 1300. The van der Waals surface area contributed by atoms with Crippen molar-refractivity contribution in [1.29, 1.82) is 0 Å². The van der Waals surface area contributed by atoms with Crippen molar-refractivity contribution in [2.75, 3.05) is 23.3 Å². The van der Waals surface area contributed by atoms with E-state index in [0.717, 1.165) is 40.8 Å². The second kappa shape index (κ2) is 8.07. The van der Waals surface area contributed by atoms with Crippen LogP contribution in [-0.4, -0.2) is 44.9 Å². The smallest absolute Gasteiger partial charge is 0.277 e. The molecule has 32 heavy (non-hydrogen) atoms. The highest BCUT2D eigenvalue weighted by Crippen LogP contribution is 2.33. The van der Waals surface area contributed by atoms with Crippen molar-refractivity contribution in [1.82, 2.24) is 19.7 Å². The molecule has 9 heteroatoms. The summed E-state index contributed by atoms with van der Waals surface area (Å²) in [7, 11) is 1.84. The zero-order chi connectivity index (χ0) is 22.2. The lowest BCUT2D eigenvalue weighted by Crippen LogP contribution is -2.37. The Balaban J connectivity index is 1.46. The molecule has 1 aliphatic heterocycles. The van der Waals surface area contributed by atoms with Gasteiger partial charge in [-0.1, -0.05) is 0 Å². The number of aromatic nitrogens is 4. The van der Waals surface area contributed by atoms with Crippen LogP contribution in [0, 0.1) is 6.92 Å². The van der Waals surface area contributed by atoms with Gasteiger partial charge < -0.3 is 14.6 Å². The molecular formula is C23H23FN6O2. The maximum absolute atomic E-state index is 14.1. The van der Waals surface area contributed by atoms with E-state index >= 15 is 0 Å². The number of carbonyl (C=O) groups excluding carboxylic acids is 1. The molecule has 0 aliphatic carbocycles. The van der Waals surface area contributed by atoms with Crippen LogP contribution in [0.4, 0.5) is 15.8 Å². The molecule has 1 amide bonds. The molecule has 164 valence electrons. The molecule has 3 aromatic heterocycles. The highest BCUT2D eigenvalue weighted by Gasteiger charge is 2.24. The molecule has 5 rings (SSSR count). The molecule has 1 saturated heterocycles. The Labute approximate surface area is 184 Å². The van der Waals surface area contributed by atoms with Gasteiger partial charge in [-0.05, 0) is 44.0 Å². The minimum absolute atomic E-state index is 0.161. The molecule has 0 spiro atoms. The maximum atomic E-state index is 14.1. The average molecular weight is 434 g/mol. The van der Waals surface area contributed by atoms with E-state index in [0.29, 0.717) is 18.0 Å². The van der Waals surface area contributed by atoms with Crippen LogP contribution in [0.15, 0.2) is 47.3 Å². The second-order valence-corrected chi connectivity index (χ2v) is 8.09. The number of nitrogens with zero attached hydrogens (tertiary/aromatic N) is 5. The van der Waals surface area contributed by atoms with Gasteiger partial charge in [-0.25, -0.2) is 9.37 Å². The number of alkyl halides is 1. The summed E-state index contributed by atoms with van der Waals surface area (Å²) in [5, 5.41) is 8.29. The quantitative estimate of drug-likeness (QED) is 0.520. The Kier molecular flexibility index (Phi) is 5.08. The van der Waals surface area contributed by atoms with Crippen molar-refractivity contribution < 1.29 is 13.6 Å². The first-order valence-electron chi connectivity index (χ1n) is 10.5. The van der Waals surface area contributed by atoms with Crippen LogP contribution in [0.25, 0.3) is 22.4 Å². The van der Waals surface area contributed by atoms with Crippen LogP contribution >= 0.6 is 0 Å². The number of oxazole rings is 1. The van der Waals surface area contributed by atoms with Crippen LogP contribution in [0.5, 0.6) is 0 Å². The Morgan fingerprint density at radius 2 is 2.19 bits per heavy atom. The molecule has 1 aromatic carbocycles. The Morgan fingerprint density at radius 1 is 1.31 bits per heavy atom. The topological polar surface area (TPSA) is 89.1 Å². The van der Waals surface area contributed by atoms with Crippen LogP contribution in [0.3, 0.4) is 0 Å². The van der Waals surface area contributed by atoms with Crippen LogP contribution in [0.2, 0.25) is 0 Å². The molecule has 1 unspecified atom stereocenters. The summed E-state index contributed by atoms with van der Waals surface area (Å²) < 4.78 is 21.4. The van der Waals surface area contributed by atoms with Gasteiger partial charge in [0.05, 0.1) is 16.9 Å². The van der Waals surface area contributed by atoms with Crippen LogP contribution in [0.1, 0.15) is 29.0 Å². The van der Waals surface area contributed by atoms with E-state index in [-0.39, 0.29) is 12.2 Å². The number of amides is 1. The van der Waals surface area contributed by atoms with E-state index in [2.05, 4.69) is 20.4 Å². The van der Waals surface area contributed by atoms with Gasteiger partial charge in [0.15, 0.2) is 5.69 Å². The maximum Gasteiger partial charge on any atom is 0.277 e. The SMILES string of the molecule is Cc1cc(-c2nc(C(=O)Nc3cc4cn(C)nc4cc3N3CCCC(F)C3)co2)ccn1. The number of rotatable bonds is 4. The molecule has 8 nitrogen and oxygen atoms in total. The third-order valence-corrected chi connectivity index (χ3v) is 5.57. The summed E-state index contributed by atoms with van der Waals surface area (Å²) in [4.78, 5) is 23.5. The second-order valence-electron chi connectivity index (χ2n) is 8.09. The normalized spacial score (nSPS) is 16.5. The van der Waals surface area contributed by atoms with Gasteiger partial charge in [-0.2, -0.15) is 5.10 Å². The molecule has 4 aromatic rings. The fraction of sp³-hybridized carbons (Fsp3) is 0.304. The number of fused-ring (bicyclic) bond motifs is 1. The number of benzene rings is 1. The standard InChI is InChI=1S/C23H23FN6O2/c1-14-8-15(5-6-25-14)23-27-20(13-32-23)22(31)26-19-9-16-11-29(2)28-18(16)10-21(19)30-7-3-4-17(24)12-30/h5-6,8-11,13,17H,3-4,7,12H2,1-2H3,(H,26,31). The molecule has 0 radical (unpaired) electrons. The number of carbonyl (C=O) groups is 1. The lowest BCUT2D eigenvalue weighted by atomic mass is 10.1. The van der Waals surface area contributed by atoms with E-state index < -0.39 is 12.1 Å². The first-order chi connectivity index (χ1) is 15.5. The van der Waals surface area contributed by atoms with Crippen LogP contribution in [-0.2, 0) is 7.05 Å². The fourth-order valence-corrected chi connectivity index (χ4v) is 4.07. The monoisotopic (exact) mass is 434 g/mol. The number of nitrogens with one attached hydrogen (secondary N) is 1. The molecule has 4 heterocycles. The molecular weight excluding hydrogens is 411 g/mol. The number of hydrogen-bond donors (Lipinski definition) is 1. The highest BCUT2D eigenvalue weighted by molar-refractivity contribution is 6.06. The first-order valence-corrected chi connectivity index (χ1v) is 10.5. The first kappa shape index (κ1) is 20.2. The van der Waals surface area contributed by atoms with Gasteiger partial charge in [-0.3, -0.25) is 14.5 Å². The van der Waals surface area contributed by atoms with E-state index in [1.54, 1.807) is 16.9 Å². The van der Waals surface area contributed by atoms with Gasteiger partial charge in [0.1, 0.15) is 12.4 Å². The molecule has 1 N–H and O–H groups in total. The zero-order valence-corrected chi connectivity index (χ0v) is 17.9. The molecule has 0 saturated carbocycles. The number of anilines is 2. The van der Waals surface area contributed by atoms with Gasteiger partial charge in [0.25, 0.3) is 5.91 Å². The van der Waals surface area contributed by atoms with E-state index in [4.69, 9.17) is 4.42 Å². The third-order valence-electron chi connectivity index (χ3n) is 5.57. The van der Waals surface area contributed by atoms with Crippen molar-refractivity contribution in [2.45, 2.75) is 25.9 Å². The van der Waals surface area contributed by atoms with Crippen molar-refractivity contribution in [3.63, 3.8) is 0 Å². The number of hydrogen-bond acceptors (Lipinski definition) is 6. The molecule has 1 aliphatic rings. The van der Waals surface area contributed by atoms with E-state index in [9.17, 15) is 9.18 Å². The largest absolute Gasteiger partial charge is 0.444 e. The number of pyridine rings is 1. The third kappa shape index (κ3) is 3.93. The van der Waals surface area contributed by atoms with Gasteiger partial charge in [-0.15, -0.1) is 0 Å². The minimum atomic E-state index is -0.895. The van der Waals surface area contributed by atoms with Gasteiger partial charge in [0.2, 0.25) is 5.89 Å².